The van der Waals surface area contributed by atoms with Gasteiger partial charge in [-0.05, 0) is 6.42 Å². The number of hydrogen-bond acceptors (Lipinski definition) is 6. The number of carboxylic acids is 1. The normalized spacial score (nSPS) is 11.2. The summed E-state index contributed by atoms with van der Waals surface area (Å²) >= 11 is 2.86. The number of aryl methyl sites for hydroxylation is 1. The lowest BCUT2D eigenvalue weighted by Gasteiger charge is -2.09. The Balaban J connectivity index is 2.25. The molecule has 2 aromatic heterocycles. The molecule has 2 rings (SSSR count). The number of aromatic nitrogens is 4. The van der Waals surface area contributed by atoms with Crippen LogP contribution in [0, 0.1) is 0 Å². The van der Waals surface area contributed by atoms with Crippen LogP contribution in [0.2, 0.25) is 0 Å². The second-order valence-corrected chi connectivity index (χ2v) is 6.98. The Morgan fingerprint density at radius 2 is 2.24 bits per heavy atom. The van der Waals surface area contributed by atoms with Crippen LogP contribution in [-0.4, -0.2) is 36.6 Å². The highest BCUT2D eigenvalue weighted by atomic mass is 32.2. The maximum absolute atomic E-state index is 10.7. The monoisotopic (exact) mass is 326 g/mol. The van der Waals surface area contributed by atoms with Gasteiger partial charge in [0, 0.05) is 17.0 Å². The average Bonchev–Trinajstić information content (AvgIpc) is 3.03. The quantitative estimate of drug-likeness (QED) is 0.788. The SMILES string of the molecule is CCc1cnc(Cn2c(SCC(=O)O)nnc2C(C)C)s1. The molecule has 0 atom stereocenters. The third-order valence-electron chi connectivity index (χ3n) is 2.83. The van der Waals surface area contributed by atoms with Gasteiger partial charge in [-0.3, -0.25) is 9.36 Å². The van der Waals surface area contributed by atoms with Gasteiger partial charge < -0.3 is 5.11 Å². The first-order chi connectivity index (χ1) is 10.0. The van der Waals surface area contributed by atoms with Gasteiger partial charge >= 0.3 is 5.97 Å². The van der Waals surface area contributed by atoms with Crippen LogP contribution in [-0.2, 0) is 17.8 Å². The van der Waals surface area contributed by atoms with E-state index in [1.807, 2.05) is 24.6 Å². The Kier molecular flexibility index (Phi) is 5.35. The smallest absolute Gasteiger partial charge is 0.313 e. The van der Waals surface area contributed by atoms with Gasteiger partial charge in [-0.2, -0.15) is 0 Å². The highest BCUT2D eigenvalue weighted by molar-refractivity contribution is 7.99. The first-order valence-electron chi connectivity index (χ1n) is 6.72. The second-order valence-electron chi connectivity index (χ2n) is 4.84. The van der Waals surface area contributed by atoms with Gasteiger partial charge in [0.15, 0.2) is 5.16 Å². The molecule has 0 aliphatic heterocycles. The Hall–Kier alpha value is -1.41. The molecule has 0 saturated heterocycles. The van der Waals surface area contributed by atoms with Crippen LogP contribution in [0.3, 0.4) is 0 Å². The van der Waals surface area contributed by atoms with Crippen molar-refractivity contribution in [1.29, 1.82) is 0 Å². The predicted octanol–water partition coefficient (Wildman–Crippen LogP) is 2.65. The van der Waals surface area contributed by atoms with Gasteiger partial charge in [0.25, 0.3) is 0 Å². The molecule has 2 aromatic rings. The molecule has 0 aromatic carbocycles. The molecule has 1 N–H and O–H groups in total. The van der Waals surface area contributed by atoms with E-state index in [9.17, 15) is 4.79 Å². The fourth-order valence-electron chi connectivity index (χ4n) is 1.83. The van der Waals surface area contributed by atoms with Crippen molar-refractivity contribution >= 4 is 29.1 Å². The van der Waals surface area contributed by atoms with Gasteiger partial charge in [-0.1, -0.05) is 32.5 Å². The Morgan fingerprint density at radius 3 is 2.81 bits per heavy atom. The molecule has 114 valence electrons. The first kappa shape index (κ1) is 16.0. The standard InChI is InChI=1S/C13H18N4O2S2/c1-4-9-5-14-10(21-9)6-17-12(8(2)3)15-16-13(17)20-7-11(18)19/h5,8H,4,6-7H2,1-3H3,(H,18,19). The van der Waals surface area contributed by atoms with Crippen molar-refractivity contribution in [2.24, 2.45) is 0 Å². The zero-order chi connectivity index (χ0) is 15.4. The second kappa shape index (κ2) is 7.04. The van der Waals surface area contributed by atoms with Crippen LogP contribution in [0.1, 0.15) is 42.4 Å². The Bertz CT molecular complexity index is 621. The topological polar surface area (TPSA) is 80.9 Å². The lowest BCUT2D eigenvalue weighted by molar-refractivity contribution is -0.133. The Labute approximate surface area is 131 Å². The highest BCUT2D eigenvalue weighted by Gasteiger charge is 2.17. The number of aliphatic carboxylic acids is 1. The molecular weight excluding hydrogens is 308 g/mol. The molecule has 2 heterocycles. The molecule has 0 radical (unpaired) electrons. The van der Waals surface area contributed by atoms with E-state index < -0.39 is 5.97 Å². The van der Waals surface area contributed by atoms with E-state index in [1.165, 1.54) is 16.6 Å². The number of rotatable bonds is 7. The van der Waals surface area contributed by atoms with Gasteiger partial charge in [0.1, 0.15) is 10.8 Å². The zero-order valence-corrected chi connectivity index (χ0v) is 13.9. The number of hydrogen-bond donors (Lipinski definition) is 1. The maximum Gasteiger partial charge on any atom is 0.313 e. The fourth-order valence-corrected chi connectivity index (χ4v) is 3.35. The molecule has 21 heavy (non-hydrogen) atoms. The average molecular weight is 326 g/mol. The van der Waals surface area contributed by atoms with Crippen LogP contribution in [0.25, 0.3) is 0 Å². The molecule has 0 unspecified atom stereocenters. The van der Waals surface area contributed by atoms with E-state index in [2.05, 4.69) is 22.1 Å². The van der Waals surface area contributed by atoms with Crippen molar-refractivity contribution in [3.05, 3.63) is 21.9 Å². The van der Waals surface area contributed by atoms with E-state index >= 15 is 0 Å². The minimum atomic E-state index is -0.858. The number of thioether (sulfide) groups is 1. The lowest BCUT2D eigenvalue weighted by Crippen LogP contribution is -2.09. The third kappa shape index (κ3) is 4.04. The maximum atomic E-state index is 10.7. The summed E-state index contributed by atoms with van der Waals surface area (Å²) in [5.41, 5.74) is 0. The molecule has 0 spiro atoms. The molecule has 6 nitrogen and oxygen atoms in total. The number of carboxylic acid groups (broad SMARTS) is 1. The molecule has 0 aliphatic rings. The third-order valence-corrected chi connectivity index (χ3v) is 4.91. The highest BCUT2D eigenvalue weighted by Crippen LogP contribution is 2.24. The largest absolute Gasteiger partial charge is 0.481 e. The number of nitrogens with zero attached hydrogens (tertiary/aromatic N) is 4. The number of carbonyl (C=O) groups is 1. The van der Waals surface area contributed by atoms with Crippen molar-refractivity contribution in [1.82, 2.24) is 19.7 Å². The van der Waals surface area contributed by atoms with E-state index in [4.69, 9.17) is 5.11 Å². The van der Waals surface area contributed by atoms with Crippen LogP contribution in [0.5, 0.6) is 0 Å². The summed E-state index contributed by atoms with van der Waals surface area (Å²) in [4.78, 5) is 16.4. The van der Waals surface area contributed by atoms with Gasteiger partial charge in [-0.15, -0.1) is 21.5 Å². The predicted molar refractivity (Wildman–Crippen MR) is 83.1 cm³/mol. The van der Waals surface area contributed by atoms with Crippen LogP contribution < -0.4 is 0 Å². The van der Waals surface area contributed by atoms with E-state index in [0.717, 1.165) is 17.3 Å². The molecule has 0 amide bonds. The molecule has 0 bridgehead atoms. The van der Waals surface area contributed by atoms with E-state index in [-0.39, 0.29) is 11.7 Å². The van der Waals surface area contributed by atoms with Gasteiger partial charge in [0.05, 0.1) is 12.3 Å². The summed E-state index contributed by atoms with van der Waals surface area (Å²) in [7, 11) is 0. The fraction of sp³-hybridized carbons (Fsp3) is 0.538. The van der Waals surface area contributed by atoms with Crippen molar-refractivity contribution < 1.29 is 9.90 Å². The molecule has 8 heteroatoms. The Morgan fingerprint density at radius 1 is 1.48 bits per heavy atom. The van der Waals surface area contributed by atoms with E-state index in [1.54, 1.807) is 11.3 Å². The summed E-state index contributed by atoms with van der Waals surface area (Å²) < 4.78 is 1.97. The minimum absolute atomic E-state index is 0.0195. The van der Waals surface area contributed by atoms with Crippen molar-refractivity contribution in [3.63, 3.8) is 0 Å². The van der Waals surface area contributed by atoms with Crippen LogP contribution in [0.4, 0.5) is 0 Å². The zero-order valence-electron chi connectivity index (χ0n) is 12.2. The summed E-state index contributed by atoms with van der Waals surface area (Å²) in [5.74, 6) is 0.204. The molecule has 0 fully saturated rings. The lowest BCUT2D eigenvalue weighted by atomic mass is 10.2. The molecular formula is C13H18N4O2S2. The van der Waals surface area contributed by atoms with E-state index in [0.29, 0.717) is 11.7 Å². The minimum Gasteiger partial charge on any atom is -0.481 e. The van der Waals surface area contributed by atoms with Crippen molar-refractivity contribution in [2.75, 3.05) is 5.75 Å². The van der Waals surface area contributed by atoms with Crippen LogP contribution in [0.15, 0.2) is 11.4 Å². The summed E-state index contributed by atoms with van der Waals surface area (Å²) in [6, 6.07) is 0. The van der Waals surface area contributed by atoms with Gasteiger partial charge in [-0.25, -0.2) is 4.98 Å². The summed E-state index contributed by atoms with van der Waals surface area (Å²) in [6.07, 6.45) is 2.86. The summed E-state index contributed by atoms with van der Waals surface area (Å²) in [5, 5.41) is 18.8. The first-order valence-corrected chi connectivity index (χ1v) is 8.52. The molecule has 0 saturated carbocycles. The summed E-state index contributed by atoms with van der Waals surface area (Å²) in [6.45, 7) is 6.79. The van der Waals surface area contributed by atoms with Crippen molar-refractivity contribution in [3.8, 4) is 0 Å². The molecule has 0 aliphatic carbocycles. The van der Waals surface area contributed by atoms with Crippen molar-refractivity contribution in [2.45, 2.75) is 44.8 Å². The van der Waals surface area contributed by atoms with Crippen LogP contribution >= 0.6 is 23.1 Å². The number of thiazole rings is 1. The van der Waals surface area contributed by atoms with Gasteiger partial charge in [0.2, 0.25) is 0 Å².